The van der Waals surface area contributed by atoms with Crippen molar-refractivity contribution in [2.45, 2.75) is 6.92 Å². The summed E-state index contributed by atoms with van der Waals surface area (Å²) in [5, 5.41) is 5.42. The van der Waals surface area contributed by atoms with Crippen molar-refractivity contribution in [3.63, 3.8) is 0 Å². The van der Waals surface area contributed by atoms with E-state index in [1.807, 2.05) is 24.3 Å². The molecule has 0 aliphatic heterocycles. The van der Waals surface area contributed by atoms with E-state index in [9.17, 15) is 17.2 Å². The van der Waals surface area contributed by atoms with E-state index < -0.39 is 21.5 Å². The molecule has 4 rings (SSSR count). The zero-order valence-electron chi connectivity index (χ0n) is 18.4. The highest BCUT2D eigenvalue weighted by atomic mass is 79.9. The van der Waals surface area contributed by atoms with Gasteiger partial charge in [0.15, 0.2) is 9.84 Å². The minimum absolute atomic E-state index is 0.117. The first-order valence-electron chi connectivity index (χ1n) is 10.1. The Labute approximate surface area is 219 Å². The van der Waals surface area contributed by atoms with Gasteiger partial charge in [0.2, 0.25) is 0 Å². The summed E-state index contributed by atoms with van der Waals surface area (Å²) in [6.45, 7) is 1.78. The molecule has 0 radical (unpaired) electrons. The number of rotatable bonds is 5. The normalized spacial score (nSPS) is 12.3. The molecule has 0 aliphatic carbocycles. The molecule has 0 saturated heterocycles. The van der Waals surface area contributed by atoms with Crippen LogP contribution in [0.1, 0.15) is 16.8 Å². The van der Waals surface area contributed by atoms with Crippen molar-refractivity contribution in [1.29, 1.82) is 0 Å². The molecule has 0 saturated carbocycles. The lowest BCUT2D eigenvalue weighted by molar-refractivity contribution is 0.582. The van der Waals surface area contributed by atoms with Gasteiger partial charge in [-0.25, -0.2) is 21.9 Å². The Morgan fingerprint density at radius 1 is 1.00 bits per heavy atom. The van der Waals surface area contributed by atoms with Crippen LogP contribution < -0.4 is 0 Å². The van der Waals surface area contributed by atoms with Crippen LogP contribution in [-0.4, -0.2) is 24.5 Å². The maximum atomic E-state index is 13.9. The predicted octanol–water partition coefficient (Wildman–Crippen LogP) is 7.74. The van der Waals surface area contributed by atoms with E-state index in [1.165, 1.54) is 6.08 Å². The van der Waals surface area contributed by atoms with E-state index >= 15 is 0 Å². The zero-order chi connectivity index (χ0) is 25.5. The van der Waals surface area contributed by atoms with E-state index in [0.717, 1.165) is 28.4 Å². The molecule has 0 aliphatic rings. The van der Waals surface area contributed by atoms with Gasteiger partial charge in [-0.05, 0) is 61.0 Å². The molecular weight excluding hydrogens is 581 g/mol. The average Bonchev–Trinajstić information content (AvgIpc) is 3.07. The first-order valence-corrected chi connectivity index (χ1v) is 13.6. The van der Waals surface area contributed by atoms with Crippen LogP contribution in [0.2, 0.25) is 10.0 Å². The van der Waals surface area contributed by atoms with Crippen LogP contribution in [-0.2, 0) is 9.84 Å². The molecule has 3 aromatic carbocycles. The molecule has 0 N–H and O–H groups in total. The second-order valence-electron chi connectivity index (χ2n) is 7.81. The second kappa shape index (κ2) is 9.85. The molecule has 35 heavy (non-hydrogen) atoms. The zero-order valence-corrected chi connectivity index (χ0v) is 22.3. The van der Waals surface area contributed by atoms with Crippen molar-refractivity contribution in [3.05, 3.63) is 104 Å². The maximum Gasteiger partial charge on any atom is 0.176 e. The molecule has 0 bridgehead atoms. The van der Waals surface area contributed by atoms with Crippen molar-refractivity contribution >= 4 is 60.0 Å². The molecule has 0 amide bonds. The Balaban J connectivity index is 2.02. The summed E-state index contributed by atoms with van der Waals surface area (Å²) in [7, 11) is -3.89. The third-order valence-corrected chi connectivity index (χ3v) is 7.45. The van der Waals surface area contributed by atoms with Gasteiger partial charge in [-0.1, -0.05) is 51.3 Å². The average molecular weight is 598 g/mol. The second-order valence-corrected chi connectivity index (χ2v) is 11.6. The standard InChI is InChI=1S/C25H17BrCl2F2N2O2S/c1-14-22(13-24(35(2,33)34)16-9-19(29)12-20(30)10-16)31-32(23-8-7-18(27)11-21(23)28)25(14)15-3-5-17(26)6-4-15/h3-13H,1-2H3. The number of nitrogens with zero attached hydrogens (tertiary/aromatic N) is 2. The summed E-state index contributed by atoms with van der Waals surface area (Å²) >= 11 is 16.0. The highest BCUT2D eigenvalue weighted by molar-refractivity contribution is 9.10. The van der Waals surface area contributed by atoms with Gasteiger partial charge >= 0.3 is 0 Å². The number of benzene rings is 3. The van der Waals surface area contributed by atoms with Crippen molar-refractivity contribution in [3.8, 4) is 16.9 Å². The van der Waals surface area contributed by atoms with Gasteiger partial charge in [-0.3, -0.25) is 0 Å². The lowest BCUT2D eigenvalue weighted by atomic mass is 10.1. The summed E-state index contributed by atoms with van der Waals surface area (Å²) in [6, 6.07) is 15.0. The lowest BCUT2D eigenvalue weighted by Crippen LogP contribution is -2.02. The van der Waals surface area contributed by atoms with Gasteiger partial charge in [0, 0.05) is 32.9 Å². The van der Waals surface area contributed by atoms with E-state index in [2.05, 4.69) is 21.0 Å². The van der Waals surface area contributed by atoms with Crippen molar-refractivity contribution < 1.29 is 17.2 Å². The number of sulfone groups is 1. The van der Waals surface area contributed by atoms with Gasteiger partial charge < -0.3 is 0 Å². The first-order chi connectivity index (χ1) is 16.4. The van der Waals surface area contributed by atoms with Crippen LogP contribution in [0, 0.1) is 18.6 Å². The van der Waals surface area contributed by atoms with Crippen LogP contribution in [0.15, 0.2) is 65.1 Å². The van der Waals surface area contributed by atoms with Gasteiger partial charge in [0.25, 0.3) is 0 Å². The van der Waals surface area contributed by atoms with Gasteiger partial charge in [0.05, 0.1) is 27.0 Å². The van der Waals surface area contributed by atoms with E-state index in [-0.39, 0.29) is 10.5 Å². The highest BCUT2D eigenvalue weighted by Gasteiger charge is 2.22. The number of aromatic nitrogens is 2. The summed E-state index contributed by atoms with van der Waals surface area (Å²) in [4.78, 5) is -0.270. The van der Waals surface area contributed by atoms with Gasteiger partial charge in [-0.2, -0.15) is 5.10 Å². The molecule has 0 spiro atoms. The largest absolute Gasteiger partial charge is 0.231 e. The Morgan fingerprint density at radius 2 is 1.63 bits per heavy atom. The van der Waals surface area contributed by atoms with E-state index in [1.54, 1.807) is 29.8 Å². The van der Waals surface area contributed by atoms with Crippen LogP contribution in [0.25, 0.3) is 27.9 Å². The minimum Gasteiger partial charge on any atom is -0.231 e. The predicted molar refractivity (Wildman–Crippen MR) is 141 cm³/mol. The Morgan fingerprint density at radius 3 is 2.20 bits per heavy atom. The summed E-state index contributed by atoms with van der Waals surface area (Å²) in [5.74, 6) is -1.78. The molecule has 0 fully saturated rings. The Kier molecular flexibility index (Phi) is 7.20. The molecule has 10 heteroatoms. The molecule has 1 heterocycles. The first kappa shape index (κ1) is 25.6. The Hall–Kier alpha value is -2.52. The lowest BCUT2D eigenvalue weighted by Gasteiger charge is -2.11. The van der Waals surface area contributed by atoms with Gasteiger partial charge in [0.1, 0.15) is 11.6 Å². The molecule has 1 aromatic heterocycles. The smallest absolute Gasteiger partial charge is 0.176 e. The van der Waals surface area contributed by atoms with E-state index in [4.69, 9.17) is 23.2 Å². The molecule has 0 atom stereocenters. The summed E-state index contributed by atoms with van der Waals surface area (Å²) < 4.78 is 55.6. The molecular formula is C25H17BrCl2F2N2O2S. The number of hydrogen-bond acceptors (Lipinski definition) is 3. The molecule has 180 valence electrons. The van der Waals surface area contributed by atoms with Crippen LogP contribution in [0.5, 0.6) is 0 Å². The monoisotopic (exact) mass is 596 g/mol. The minimum atomic E-state index is -3.89. The fraction of sp³-hybridized carbons (Fsp3) is 0.0800. The quantitative estimate of drug-likeness (QED) is 0.236. The summed E-state index contributed by atoms with van der Waals surface area (Å²) in [6.07, 6.45) is 2.28. The van der Waals surface area contributed by atoms with Crippen molar-refractivity contribution in [2.75, 3.05) is 6.26 Å². The van der Waals surface area contributed by atoms with Crippen LogP contribution >= 0.6 is 39.1 Å². The van der Waals surface area contributed by atoms with Crippen molar-refractivity contribution in [1.82, 2.24) is 9.78 Å². The Bertz CT molecular complexity index is 1560. The third kappa shape index (κ3) is 5.51. The molecule has 0 unspecified atom stereocenters. The van der Waals surface area contributed by atoms with E-state index in [0.29, 0.717) is 38.8 Å². The summed E-state index contributed by atoms with van der Waals surface area (Å²) in [5.41, 5.74) is 2.78. The molecule has 4 nitrogen and oxygen atoms in total. The molecule has 4 aromatic rings. The highest BCUT2D eigenvalue weighted by Crippen LogP contribution is 2.35. The number of halogens is 5. The third-order valence-electron chi connectivity index (χ3n) is 5.23. The SMILES string of the molecule is Cc1c(C=C(c2cc(F)cc(F)c2)S(C)(=O)=O)nn(-c2ccc(Cl)cc2Cl)c1-c1ccc(Br)cc1. The van der Waals surface area contributed by atoms with Crippen LogP contribution in [0.4, 0.5) is 8.78 Å². The maximum absolute atomic E-state index is 13.9. The van der Waals surface area contributed by atoms with Gasteiger partial charge in [-0.15, -0.1) is 0 Å². The fourth-order valence-corrected chi connectivity index (χ4v) is 5.27. The van der Waals surface area contributed by atoms with Crippen molar-refractivity contribution in [2.24, 2.45) is 0 Å². The fourth-order valence-electron chi connectivity index (χ4n) is 3.65. The number of hydrogen-bond donors (Lipinski definition) is 0. The topological polar surface area (TPSA) is 52.0 Å². The van der Waals surface area contributed by atoms with Crippen LogP contribution in [0.3, 0.4) is 0 Å².